The number of aliphatic hydroxyl groups is 1. The molecule has 3 aromatic carbocycles. The third-order valence-corrected chi connectivity index (χ3v) is 7.60. The summed E-state index contributed by atoms with van der Waals surface area (Å²) in [5, 5.41) is 12.8. The van der Waals surface area contributed by atoms with E-state index in [4.69, 9.17) is 16.3 Å². The van der Waals surface area contributed by atoms with Gasteiger partial charge in [0.25, 0.3) is 11.7 Å². The number of hydrogen-bond donors (Lipinski definition) is 2. The van der Waals surface area contributed by atoms with Gasteiger partial charge in [-0.2, -0.15) is 0 Å². The van der Waals surface area contributed by atoms with Gasteiger partial charge in [-0.3, -0.25) is 9.59 Å². The number of likely N-dealkylation sites (tertiary alicyclic amines) is 1. The maximum absolute atomic E-state index is 13.4. The number of nitrogens with one attached hydrogen (secondary N) is 1. The largest absolute Gasteiger partial charge is 0.507 e. The van der Waals surface area contributed by atoms with Crippen molar-refractivity contribution in [1.29, 1.82) is 0 Å². The minimum Gasteiger partial charge on any atom is -0.507 e. The highest BCUT2D eigenvalue weighted by Crippen LogP contribution is 2.40. The van der Waals surface area contributed by atoms with Crippen LogP contribution in [0.5, 0.6) is 5.75 Å². The van der Waals surface area contributed by atoms with Crippen molar-refractivity contribution in [1.82, 2.24) is 9.88 Å². The van der Waals surface area contributed by atoms with E-state index < -0.39 is 17.7 Å². The molecule has 39 heavy (non-hydrogen) atoms. The van der Waals surface area contributed by atoms with Crippen LogP contribution in [0.3, 0.4) is 0 Å². The van der Waals surface area contributed by atoms with E-state index in [2.05, 4.69) is 25.8 Å². The summed E-state index contributed by atoms with van der Waals surface area (Å²) >= 11 is 6.04. The molecule has 4 aromatic rings. The molecule has 1 aliphatic rings. The zero-order chi connectivity index (χ0) is 27.9. The standard InChI is InChI=1S/C32H31ClN2O4/c1-32(2,3)22-9-5-19(6-10-22)28-27(29(36)20-7-11-23(33)12-8-20)30(37)31(38)35(28)16-15-21-18-34-26-14-13-24(39-4)17-25(21)26/h5-14,17-18,28,34,36H,15-16H2,1-4H3/b29-27-. The minimum atomic E-state index is -0.727. The fraction of sp³-hybridized carbons (Fsp3) is 0.250. The number of carbonyl (C=O) groups is 2. The Morgan fingerprint density at radius 1 is 1.03 bits per heavy atom. The summed E-state index contributed by atoms with van der Waals surface area (Å²) in [5.74, 6) is -0.805. The average Bonchev–Trinajstić information content (AvgIpc) is 3.44. The fourth-order valence-corrected chi connectivity index (χ4v) is 5.24. The number of aromatic amines is 1. The van der Waals surface area contributed by atoms with E-state index >= 15 is 0 Å². The molecule has 2 heterocycles. The quantitative estimate of drug-likeness (QED) is 0.160. The number of aliphatic hydroxyl groups excluding tert-OH is 1. The Balaban J connectivity index is 1.56. The number of halogens is 1. The van der Waals surface area contributed by atoms with Crippen LogP contribution in [0.1, 0.15) is 49.1 Å². The van der Waals surface area contributed by atoms with E-state index in [0.717, 1.165) is 33.3 Å². The number of aromatic nitrogens is 1. The summed E-state index contributed by atoms with van der Waals surface area (Å²) in [5.41, 5.74) is 4.31. The van der Waals surface area contributed by atoms with Gasteiger partial charge in [0.05, 0.1) is 18.7 Å². The van der Waals surface area contributed by atoms with Crippen molar-refractivity contribution in [2.75, 3.05) is 13.7 Å². The van der Waals surface area contributed by atoms with Gasteiger partial charge in [-0.15, -0.1) is 0 Å². The molecular formula is C32H31ClN2O4. The topological polar surface area (TPSA) is 82.6 Å². The van der Waals surface area contributed by atoms with Crippen molar-refractivity contribution in [2.45, 2.75) is 38.6 Å². The molecular weight excluding hydrogens is 512 g/mol. The van der Waals surface area contributed by atoms with Crippen LogP contribution < -0.4 is 4.74 Å². The number of fused-ring (bicyclic) bond motifs is 1. The third-order valence-electron chi connectivity index (χ3n) is 7.35. The number of hydrogen-bond acceptors (Lipinski definition) is 4. The molecule has 1 amide bonds. The van der Waals surface area contributed by atoms with Crippen LogP contribution in [0, 0.1) is 0 Å². The van der Waals surface area contributed by atoms with Crippen LogP contribution in [0.25, 0.3) is 16.7 Å². The van der Waals surface area contributed by atoms with Gasteiger partial charge >= 0.3 is 0 Å². The summed E-state index contributed by atoms with van der Waals surface area (Å²) < 4.78 is 5.39. The lowest BCUT2D eigenvalue weighted by Crippen LogP contribution is -2.31. The second kappa shape index (κ2) is 10.3. The number of carbonyl (C=O) groups excluding carboxylic acids is 2. The smallest absolute Gasteiger partial charge is 0.295 e. The molecule has 5 rings (SSSR count). The first-order valence-electron chi connectivity index (χ1n) is 12.9. The molecule has 1 fully saturated rings. The van der Waals surface area contributed by atoms with Crippen molar-refractivity contribution in [3.63, 3.8) is 0 Å². The molecule has 6 nitrogen and oxygen atoms in total. The zero-order valence-electron chi connectivity index (χ0n) is 22.4. The van der Waals surface area contributed by atoms with E-state index in [1.54, 1.807) is 36.3 Å². The Labute approximate surface area is 232 Å². The van der Waals surface area contributed by atoms with E-state index in [9.17, 15) is 14.7 Å². The monoisotopic (exact) mass is 542 g/mol. The number of ketones is 1. The third kappa shape index (κ3) is 5.04. The number of benzene rings is 3. The molecule has 1 saturated heterocycles. The van der Waals surface area contributed by atoms with Gasteiger partial charge < -0.3 is 19.7 Å². The van der Waals surface area contributed by atoms with Crippen LogP contribution in [0.15, 0.2) is 78.5 Å². The predicted molar refractivity (Wildman–Crippen MR) is 154 cm³/mol. The van der Waals surface area contributed by atoms with Crippen LogP contribution >= 0.6 is 11.6 Å². The van der Waals surface area contributed by atoms with Crippen LogP contribution in [-0.4, -0.2) is 40.3 Å². The molecule has 1 unspecified atom stereocenters. The highest BCUT2D eigenvalue weighted by molar-refractivity contribution is 6.46. The van der Waals surface area contributed by atoms with Crippen LogP contribution in [0.4, 0.5) is 0 Å². The highest BCUT2D eigenvalue weighted by Gasteiger charge is 2.46. The Morgan fingerprint density at radius 2 is 1.72 bits per heavy atom. The minimum absolute atomic E-state index is 0.0555. The van der Waals surface area contributed by atoms with Gasteiger partial charge in [-0.05, 0) is 71.0 Å². The molecule has 2 N–H and O–H groups in total. The second-order valence-corrected chi connectivity index (χ2v) is 11.3. The number of ether oxygens (including phenoxy) is 1. The lowest BCUT2D eigenvalue weighted by molar-refractivity contribution is -0.139. The molecule has 0 saturated carbocycles. The van der Waals surface area contributed by atoms with Crippen LogP contribution in [-0.2, 0) is 21.4 Å². The van der Waals surface area contributed by atoms with Gasteiger partial charge in [0.1, 0.15) is 11.5 Å². The molecule has 7 heteroatoms. The van der Waals surface area contributed by atoms with Gasteiger partial charge in [0.15, 0.2) is 0 Å². The van der Waals surface area contributed by atoms with Crippen molar-refractivity contribution < 1.29 is 19.4 Å². The molecule has 0 aliphatic carbocycles. The number of H-pyrrole nitrogens is 1. The molecule has 200 valence electrons. The summed E-state index contributed by atoms with van der Waals surface area (Å²) in [6.45, 7) is 6.68. The van der Waals surface area contributed by atoms with E-state index in [1.807, 2.05) is 48.7 Å². The van der Waals surface area contributed by atoms with Gasteiger partial charge in [-0.1, -0.05) is 56.6 Å². The molecule has 1 aliphatic heterocycles. The molecule has 0 bridgehead atoms. The second-order valence-electron chi connectivity index (χ2n) is 10.8. The van der Waals surface area contributed by atoms with E-state index in [1.165, 1.54) is 0 Å². The van der Waals surface area contributed by atoms with E-state index in [-0.39, 0.29) is 23.3 Å². The Bertz CT molecular complexity index is 1580. The summed E-state index contributed by atoms with van der Waals surface area (Å²) in [6.07, 6.45) is 2.43. The molecule has 1 aromatic heterocycles. The van der Waals surface area contributed by atoms with Crippen molar-refractivity contribution in [3.05, 3.63) is 106 Å². The van der Waals surface area contributed by atoms with Gasteiger partial charge in [0, 0.05) is 34.2 Å². The summed E-state index contributed by atoms with van der Waals surface area (Å²) in [7, 11) is 1.62. The van der Waals surface area contributed by atoms with Gasteiger partial charge in [0.2, 0.25) is 0 Å². The SMILES string of the molecule is COc1ccc2[nH]cc(CCN3C(=O)C(=O)/C(=C(\O)c4ccc(Cl)cc4)C3c3ccc(C(C)(C)C)cc3)c2c1. The Kier molecular flexibility index (Phi) is 7.00. The zero-order valence-corrected chi connectivity index (χ0v) is 23.2. The highest BCUT2D eigenvalue weighted by atomic mass is 35.5. The number of amides is 1. The average molecular weight is 543 g/mol. The number of Topliss-reactive ketones (excluding diaryl/α,β-unsaturated/α-hetero) is 1. The van der Waals surface area contributed by atoms with Crippen molar-refractivity contribution in [2.24, 2.45) is 0 Å². The lowest BCUT2D eigenvalue weighted by atomic mass is 9.85. The fourth-order valence-electron chi connectivity index (χ4n) is 5.12. The maximum Gasteiger partial charge on any atom is 0.295 e. The maximum atomic E-state index is 13.4. The first kappa shape index (κ1) is 26.6. The number of rotatable bonds is 6. The Hall–Kier alpha value is -4.03. The summed E-state index contributed by atoms with van der Waals surface area (Å²) in [4.78, 5) is 31.7. The lowest BCUT2D eigenvalue weighted by Gasteiger charge is -2.26. The Morgan fingerprint density at radius 3 is 2.36 bits per heavy atom. The molecule has 1 atom stereocenters. The molecule has 0 spiro atoms. The van der Waals surface area contributed by atoms with E-state index in [0.29, 0.717) is 17.0 Å². The normalized spacial score (nSPS) is 17.3. The first-order valence-corrected chi connectivity index (χ1v) is 13.2. The molecule has 0 radical (unpaired) electrons. The van der Waals surface area contributed by atoms with Crippen molar-refractivity contribution in [3.8, 4) is 5.75 Å². The number of methoxy groups -OCH3 is 1. The van der Waals surface area contributed by atoms with Crippen molar-refractivity contribution >= 4 is 40.0 Å². The summed E-state index contributed by atoms with van der Waals surface area (Å²) in [6, 6.07) is 19.6. The predicted octanol–water partition coefficient (Wildman–Crippen LogP) is 6.79. The first-order chi connectivity index (χ1) is 18.6. The van der Waals surface area contributed by atoms with Crippen LogP contribution in [0.2, 0.25) is 5.02 Å². The number of nitrogens with zero attached hydrogens (tertiary/aromatic N) is 1. The van der Waals surface area contributed by atoms with Gasteiger partial charge in [-0.25, -0.2) is 0 Å².